The Hall–Kier alpha value is -1.55. The maximum Gasteiger partial charge on any atom is 0.179 e. The monoisotopic (exact) mass is 245 g/mol. The van der Waals surface area contributed by atoms with Gasteiger partial charge in [0, 0.05) is 24.5 Å². The van der Waals surface area contributed by atoms with Crippen molar-refractivity contribution in [1.29, 1.82) is 0 Å². The molecule has 1 fully saturated rings. The van der Waals surface area contributed by atoms with Crippen LogP contribution in [0.15, 0.2) is 24.5 Å². The Morgan fingerprint density at radius 3 is 3.00 bits per heavy atom. The predicted molar refractivity (Wildman–Crippen MR) is 70.8 cm³/mol. The molecule has 0 spiro atoms. The first-order valence-corrected chi connectivity index (χ1v) is 6.70. The molecule has 2 aromatic heterocycles. The van der Waals surface area contributed by atoms with Gasteiger partial charge in [0.1, 0.15) is 0 Å². The molecular weight excluding hydrogens is 226 g/mol. The summed E-state index contributed by atoms with van der Waals surface area (Å²) >= 11 is 0. The van der Waals surface area contributed by atoms with Gasteiger partial charge in [0.2, 0.25) is 0 Å². The van der Waals surface area contributed by atoms with Crippen molar-refractivity contribution in [3.63, 3.8) is 0 Å². The molecule has 4 heteroatoms. The van der Waals surface area contributed by atoms with Crippen molar-refractivity contribution >= 4 is 5.65 Å². The van der Waals surface area contributed by atoms with Crippen LogP contribution in [0.25, 0.3) is 5.65 Å². The second kappa shape index (κ2) is 4.98. The first-order valence-electron chi connectivity index (χ1n) is 6.70. The maximum atomic E-state index is 6.07. The highest BCUT2D eigenvalue weighted by Gasteiger charge is 2.18. The molecule has 0 unspecified atom stereocenters. The van der Waals surface area contributed by atoms with Crippen LogP contribution in [0.2, 0.25) is 0 Å². The van der Waals surface area contributed by atoms with Crippen LogP contribution in [0.1, 0.15) is 31.4 Å². The van der Waals surface area contributed by atoms with E-state index in [1.54, 1.807) is 0 Å². The first-order chi connectivity index (χ1) is 8.88. The highest BCUT2D eigenvalue weighted by atomic mass is 16.5. The second-order valence-corrected chi connectivity index (χ2v) is 4.88. The van der Waals surface area contributed by atoms with Crippen LogP contribution >= 0.6 is 0 Å². The summed E-state index contributed by atoms with van der Waals surface area (Å²) in [4.78, 5) is 4.46. The van der Waals surface area contributed by atoms with Gasteiger partial charge < -0.3 is 14.9 Å². The van der Waals surface area contributed by atoms with Crippen molar-refractivity contribution < 1.29 is 4.74 Å². The van der Waals surface area contributed by atoms with Gasteiger partial charge in [0.05, 0.1) is 6.10 Å². The summed E-state index contributed by atoms with van der Waals surface area (Å²) in [7, 11) is 0. The molecule has 3 rings (SSSR count). The van der Waals surface area contributed by atoms with E-state index in [9.17, 15) is 0 Å². The lowest BCUT2D eigenvalue weighted by Crippen LogP contribution is -2.12. The highest BCUT2D eigenvalue weighted by Crippen LogP contribution is 2.27. The lowest BCUT2D eigenvalue weighted by molar-refractivity contribution is 0.211. The van der Waals surface area contributed by atoms with Crippen molar-refractivity contribution in [3.8, 4) is 5.75 Å². The summed E-state index contributed by atoms with van der Waals surface area (Å²) in [6.45, 7) is 0.640. The Morgan fingerprint density at radius 1 is 1.39 bits per heavy atom. The molecule has 0 aliphatic heterocycles. The number of aromatic nitrogens is 2. The number of hydrogen-bond donors (Lipinski definition) is 1. The van der Waals surface area contributed by atoms with Crippen LogP contribution in [-0.2, 0) is 6.42 Å². The molecule has 0 amide bonds. The van der Waals surface area contributed by atoms with Crippen molar-refractivity contribution in [2.75, 3.05) is 6.54 Å². The molecule has 2 heterocycles. The predicted octanol–water partition coefficient (Wildman–Crippen LogP) is 2.16. The zero-order valence-corrected chi connectivity index (χ0v) is 10.5. The molecular formula is C14H19N3O. The molecule has 0 aromatic carbocycles. The molecule has 1 aliphatic rings. The van der Waals surface area contributed by atoms with Gasteiger partial charge in [-0.25, -0.2) is 4.98 Å². The Kier molecular flexibility index (Phi) is 3.19. The van der Waals surface area contributed by atoms with E-state index in [2.05, 4.69) is 9.38 Å². The number of fused-ring (bicyclic) bond motifs is 1. The molecule has 2 N–H and O–H groups in total. The third kappa shape index (κ3) is 2.08. The summed E-state index contributed by atoms with van der Waals surface area (Å²) < 4.78 is 8.15. The number of hydrogen-bond acceptors (Lipinski definition) is 3. The molecule has 0 atom stereocenters. The van der Waals surface area contributed by atoms with Crippen LogP contribution < -0.4 is 10.5 Å². The van der Waals surface area contributed by atoms with Crippen molar-refractivity contribution in [3.05, 3.63) is 30.2 Å². The average Bonchev–Trinajstić information content (AvgIpc) is 3.01. The van der Waals surface area contributed by atoms with E-state index in [4.69, 9.17) is 10.5 Å². The second-order valence-electron chi connectivity index (χ2n) is 4.88. The number of nitrogens with two attached hydrogens (primary N) is 1. The van der Waals surface area contributed by atoms with Gasteiger partial charge in [0.25, 0.3) is 0 Å². The molecule has 0 bridgehead atoms. The van der Waals surface area contributed by atoms with Gasteiger partial charge in [-0.3, -0.25) is 0 Å². The number of rotatable bonds is 4. The maximum absolute atomic E-state index is 6.07. The fourth-order valence-corrected chi connectivity index (χ4v) is 2.65. The van der Waals surface area contributed by atoms with Crippen LogP contribution in [0.3, 0.4) is 0 Å². The number of nitrogens with zero attached hydrogens (tertiary/aromatic N) is 2. The molecule has 18 heavy (non-hydrogen) atoms. The first kappa shape index (κ1) is 11.5. The SMILES string of the molecule is NCCc1cnc2c(OC3CCCC3)cccn12. The van der Waals surface area contributed by atoms with Crippen LogP contribution in [0.5, 0.6) is 5.75 Å². The van der Waals surface area contributed by atoms with E-state index < -0.39 is 0 Å². The molecule has 0 radical (unpaired) electrons. The molecule has 2 aromatic rings. The van der Waals surface area contributed by atoms with E-state index in [0.717, 1.165) is 36.4 Å². The molecule has 4 nitrogen and oxygen atoms in total. The fourth-order valence-electron chi connectivity index (χ4n) is 2.65. The van der Waals surface area contributed by atoms with Crippen molar-refractivity contribution in [1.82, 2.24) is 9.38 Å². The lowest BCUT2D eigenvalue weighted by atomic mass is 10.3. The summed E-state index contributed by atoms with van der Waals surface area (Å²) in [6.07, 6.45) is 10.0. The average molecular weight is 245 g/mol. The topological polar surface area (TPSA) is 52.5 Å². The Bertz CT molecular complexity index is 529. The van der Waals surface area contributed by atoms with Crippen molar-refractivity contribution in [2.45, 2.75) is 38.2 Å². The number of ether oxygens (including phenoxy) is 1. The Labute approximate surface area is 107 Å². The number of pyridine rings is 1. The van der Waals surface area contributed by atoms with Crippen LogP contribution in [0.4, 0.5) is 0 Å². The van der Waals surface area contributed by atoms with Crippen LogP contribution in [0, 0.1) is 0 Å². The third-order valence-electron chi connectivity index (χ3n) is 3.57. The van der Waals surface area contributed by atoms with E-state index in [0.29, 0.717) is 12.6 Å². The molecule has 1 aliphatic carbocycles. The third-order valence-corrected chi connectivity index (χ3v) is 3.57. The zero-order valence-electron chi connectivity index (χ0n) is 10.5. The summed E-state index contributed by atoms with van der Waals surface area (Å²) in [5.74, 6) is 0.896. The standard InChI is InChI=1S/C14H19N3O/c15-8-7-11-10-16-14-13(6-3-9-17(11)14)18-12-4-1-2-5-12/h3,6,9-10,12H,1-2,4-5,7-8,15H2. The van der Waals surface area contributed by atoms with Crippen molar-refractivity contribution in [2.24, 2.45) is 5.73 Å². The largest absolute Gasteiger partial charge is 0.487 e. The van der Waals surface area contributed by atoms with E-state index >= 15 is 0 Å². The summed E-state index contributed by atoms with van der Waals surface area (Å²) in [6, 6.07) is 4.02. The minimum atomic E-state index is 0.367. The van der Waals surface area contributed by atoms with E-state index in [-0.39, 0.29) is 0 Å². The Morgan fingerprint density at radius 2 is 2.22 bits per heavy atom. The minimum absolute atomic E-state index is 0.367. The quantitative estimate of drug-likeness (QED) is 0.898. The molecule has 0 saturated heterocycles. The highest BCUT2D eigenvalue weighted by molar-refractivity contribution is 5.54. The van der Waals surface area contributed by atoms with Gasteiger partial charge in [-0.05, 0) is 44.4 Å². The summed E-state index contributed by atoms with van der Waals surface area (Å²) in [5.41, 5.74) is 7.66. The van der Waals surface area contributed by atoms with E-state index in [1.807, 2.05) is 24.5 Å². The minimum Gasteiger partial charge on any atom is -0.487 e. The smallest absolute Gasteiger partial charge is 0.179 e. The van der Waals surface area contributed by atoms with E-state index in [1.165, 1.54) is 12.8 Å². The molecule has 1 saturated carbocycles. The molecule has 96 valence electrons. The van der Waals surface area contributed by atoms with Gasteiger partial charge in [0.15, 0.2) is 11.4 Å². The van der Waals surface area contributed by atoms with Gasteiger partial charge in [-0.1, -0.05) is 0 Å². The number of imidazole rings is 1. The van der Waals surface area contributed by atoms with Gasteiger partial charge >= 0.3 is 0 Å². The van der Waals surface area contributed by atoms with Crippen LogP contribution in [-0.4, -0.2) is 22.0 Å². The summed E-state index contributed by atoms with van der Waals surface area (Å²) in [5, 5.41) is 0. The van der Waals surface area contributed by atoms with Gasteiger partial charge in [-0.15, -0.1) is 0 Å². The zero-order chi connectivity index (χ0) is 12.4. The Balaban J connectivity index is 1.91. The van der Waals surface area contributed by atoms with Gasteiger partial charge in [-0.2, -0.15) is 0 Å². The fraction of sp³-hybridized carbons (Fsp3) is 0.500. The normalized spacial score (nSPS) is 16.5. The lowest BCUT2D eigenvalue weighted by Gasteiger charge is -2.13.